The molecule has 280 valence electrons. The molecule has 4 saturated carbocycles. The summed E-state index contributed by atoms with van der Waals surface area (Å²) < 4.78 is 0. The van der Waals surface area contributed by atoms with Crippen molar-refractivity contribution < 1.29 is 0 Å². The van der Waals surface area contributed by atoms with Crippen LogP contribution >= 0.6 is 0 Å². The summed E-state index contributed by atoms with van der Waals surface area (Å²) in [6, 6.07) is 58.3. The van der Waals surface area contributed by atoms with Gasteiger partial charge in [-0.15, -0.1) is 0 Å². The monoisotopic (exact) mass is 746 g/mol. The summed E-state index contributed by atoms with van der Waals surface area (Å²) in [7, 11) is 0. The van der Waals surface area contributed by atoms with E-state index < -0.39 is 0 Å². The molecule has 0 radical (unpaired) electrons. The van der Waals surface area contributed by atoms with Gasteiger partial charge >= 0.3 is 0 Å². The molecule has 0 saturated heterocycles. The zero-order valence-corrected chi connectivity index (χ0v) is 33.3. The van der Waals surface area contributed by atoms with Crippen molar-refractivity contribution in [1.29, 1.82) is 0 Å². The van der Waals surface area contributed by atoms with E-state index in [4.69, 9.17) is 6.57 Å². The lowest BCUT2D eigenvalue weighted by Gasteiger charge is -2.61. The highest BCUT2D eigenvalue weighted by molar-refractivity contribution is 5.94. The van der Waals surface area contributed by atoms with Crippen LogP contribution in [0.3, 0.4) is 0 Å². The van der Waals surface area contributed by atoms with Crippen LogP contribution in [0, 0.1) is 30.2 Å². The fourth-order valence-corrected chi connectivity index (χ4v) is 13.1. The van der Waals surface area contributed by atoms with E-state index in [0.29, 0.717) is 17.5 Å². The molecule has 7 aromatic rings. The minimum Gasteiger partial charge on any atom is -0.312 e. The Bertz CT molecular complexity index is 2810. The molecule has 0 unspecified atom stereocenters. The Morgan fingerprint density at radius 1 is 0.466 bits per heavy atom. The number of anilines is 3. The van der Waals surface area contributed by atoms with Gasteiger partial charge in [-0.2, -0.15) is 0 Å². The molecule has 7 aromatic carbocycles. The number of rotatable bonds is 5. The molecule has 0 aliphatic heterocycles. The summed E-state index contributed by atoms with van der Waals surface area (Å²) in [5, 5.41) is 0. The largest absolute Gasteiger partial charge is 0.312 e. The van der Waals surface area contributed by atoms with Crippen molar-refractivity contribution in [3.05, 3.63) is 191 Å². The molecule has 6 aliphatic carbocycles. The predicted octanol–water partition coefficient (Wildman–Crippen LogP) is 15.1. The van der Waals surface area contributed by atoms with Crippen molar-refractivity contribution in [2.75, 3.05) is 4.90 Å². The van der Waals surface area contributed by atoms with Crippen LogP contribution in [-0.2, 0) is 10.8 Å². The molecule has 6 aliphatic rings. The van der Waals surface area contributed by atoms with E-state index in [9.17, 15) is 0 Å². The van der Waals surface area contributed by atoms with Crippen LogP contribution in [0.1, 0.15) is 68.2 Å². The molecular formula is C56H46N2. The van der Waals surface area contributed by atoms with Crippen LogP contribution in [0.15, 0.2) is 158 Å². The first kappa shape index (κ1) is 33.9. The number of benzene rings is 7. The Morgan fingerprint density at radius 2 is 0.983 bits per heavy atom. The Morgan fingerprint density at radius 3 is 1.67 bits per heavy atom. The molecule has 1 spiro atoms. The number of nitrogens with zero attached hydrogens (tertiary/aromatic N) is 2. The normalized spacial score (nSPS) is 23.5. The van der Waals surface area contributed by atoms with Gasteiger partial charge in [0.15, 0.2) is 5.69 Å². The minimum absolute atomic E-state index is 0.0231. The third-order valence-electron chi connectivity index (χ3n) is 15.3. The van der Waals surface area contributed by atoms with Gasteiger partial charge in [0.25, 0.3) is 0 Å². The zero-order valence-electron chi connectivity index (χ0n) is 33.3. The van der Waals surface area contributed by atoms with Gasteiger partial charge in [-0.25, -0.2) is 4.85 Å². The minimum atomic E-state index is -0.130. The van der Waals surface area contributed by atoms with E-state index in [0.717, 1.165) is 34.5 Å². The molecule has 4 fully saturated rings. The first-order valence-electron chi connectivity index (χ1n) is 21.4. The van der Waals surface area contributed by atoms with Gasteiger partial charge in [0, 0.05) is 27.9 Å². The average molecular weight is 747 g/mol. The highest BCUT2D eigenvalue weighted by atomic mass is 15.1. The zero-order chi connectivity index (χ0) is 38.8. The Balaban J connectivity index is 1.02. The van der Waals surface area contributed by atoms with E-state index in [1.165, 1.54) is 87.7 Å². The first-order chi connectivity index (χ1) is 28.4. The molecule has 0 aromatic heterocycles. The maximum absolute atomic E-state index is 8.76. The lowest BCUT2D eigenvalue weighted by Crippen LogP contribution is -2.55. The van der Waals surface area contributed by atoms with Crippen molar-refractivity contribution in [2.24, 2.45) is 23.7 Å². The molecule has 0 N–H and O–H groups in total. The van der Waals surface area contributed by atoms with Crippen LogP contribution in [-0.4, -0.2) is 0 Å². The van der Waals surface area contributed by atoms with Gasteiger partial charge < -0.3 is 4.90 Å². The highest BCUT2D eigenvalue weighted by Crippen LogP contribution is 2.70. The number of fused-ring (bicyclic) bond motifs is 6. The van der Waals surface area contributed by atoms with Crippen molar-refractivity contribution in [2.45, 2.75) is 56.8 Å². The van der Waals surface area contributed by atoms with Crippen LogP contribution in [0.5, 0.6) is 0 Å². The molecule has 0 amide bonds. The van der Waals surface area contributed by atoms with Crippen LogP contribution in [0.25, 0.3) is 49.4 Å². The lowest BCUT2D eigenvalue weighted by molar-refractivity contribution is -0.0397. The second kappa shape index (κ2) is 12.4. The highest BCUT2D eigenvalue weighted by Gasteiger charge is 2.62. The molecular weight excluding hydrogens is 701 g/mol. The number of hydrogen-bond acceptors (Lipinski definition) is 1. The molecule has 13 rings (SSSR count). The van der Waals surface area contributed by atoms with Crippen molar-refractivity contribution in [3.63, 3.8) is 0 Å². The average Bonchev–Trinajstić information content (AvgIpc) is 3.69. The van der Waals surface area contributed by atoms with Gasteiger partial charge in [0.05, 0.1) is 6.57 Å². The van der Waals surface area contributed by atoms with E-state index >= 15 is 0 Å². The van der Waals surface area contributed by atoms with Crippen LogP contribution in [0.2, 0.25) is 0 Å². The van der Waals surface area contributed by atoms with E-state index in [1.54, 1.807) is 5.56 Å². The van der Waals surface area contributed by atoms with Gasteiger partial charge in [-0.05, 0) is 159 Å². The fraction of sp³-hybridized carbons (Fsp3) is 0.232. The summed E-state index contributed by atoms with van der Waals surface area (Å²) in [5.41, 5.74) is 19.7. The molecule has 0 atom stereocenters. The van der Waals surface area contributed by atoms with Gasteiger partial charge in [-0.3, -0.25) is 0 Å². The molecule has 4 bridgehead atoms. The predicted molar refractivity (Wildman–Crippen MR) is 239 cm³/mol. The number of hydrogen-bond donors (Lipinski definition) is 0. The maximum atomic E-state index is 8.76. The summed E-state index contributed by atoms with van der Waals surface area (Å²) >= 11 is 0. The summed E-state index contributed by atoms with van der Waals surface area (Å²) in [5.74, 6) is 3.07. The Kier molecular flexibility index (Phi) is 7.26. The van der Waals surface area contributed by atoms with Gasteiger partial charge in [0.2, 0.25) is 0 Å². The molecule has 2 nitrogen and oxygen atoms in total. The molecule has 58 heavy (non-hydrogen) atoms. The van der Waals surface area contributed by atoms with E-state index in [2.05, 4.69) is 181 Å². The van der Waals surface area contributed by atoms with Crippen molar-refractivity contribution in [1.82, 2.24) is 0 Å². The van der Waals surface area contributed by atoms with Crippen molar-refractivity contribution >= 4 is 22.7 Å². The Labute approximate surface area is 342 Å². The summed E-state index contributed by atoms with van der Waals surface area (Å²) in [6.07, 6.45) is 6.78. The Hall–Kier alpha value is -6.17. The summed E-state index contributed by atoms with van der Waals surface area (Å²) in [6.45, 7) is 13.5. The maximum Gasteiger partial charge on any atom is 0.196 e. The smallest absolute Gasteiger partial charge is 0.196 e. The quantitative estimate of drug-likeness (QED) is 0.159. The van der Waals surface area contributed by atoms with Gasteiger partial charge in [-0.1, -0.05) is 135 Å². The second-order valence-electron chi connectivity index (χ2n) is 18.4. The van der Waals surface area contributed by atoms with Crippen LogP contribution < -0.4 is 4.90 Å². The van der Waals surface area contributed by atoms with Crippen LogP contribution in [0.4, 0.5) is 22.7 Å². The fourth-order valence-electron chi connectivity index (χ4n) is 13.1. The lowest BCUT2D eigenvalue weighted by atomic mass is 9.42. The van der Waals surface area contributed by atoms with E-state index in [1.807, 2.05) is 0 Å². The van der Waals surface area contributed by atoms with Gasteiger partial charge in [0.1, 0.15) is 0 Å². The first-order valence-corrected chi connectivity index (χ1v) is 21.4. The standard InChI is InChI=1S/C56H46N2/c1-55(2)50-18-9-7-14-44(50)46-26-24-42(33-52(46)55)58(41-22-20-38(21-23-41)37-12-5-4-6-13-37)43-25-27-47(53(34-43)57-3)49-17-11-16-48-45-15-8-10-19-51(45)56(54(48)49)39-29-35-28-36(31-39)32-40(56)30-35/h4-27,33-36,39-40H,28-32H2,1-2H3. The molecule has 2 heteroatoms. The third-order valence-corrected chi connectivity index (χ3v) is 15.3. The van der Waals surface area contributed by atoms with Crippen molar-refractivity contribution in [3.8, 4) is 44.5 Å². The van der Waals surface area contributed by atoms with E-state index in [-0.39, 0.29) is 10.8 Å². The third kappa shape index (κ3) is 4.65. The summed E-state index contributed by atoms with van der Waals surface area (Å²) in [4.78, 5) is 6.72. The molecule has 0 heterocycles. The SMILES string of the molecule is [C-]#[N+]c1cc(N(c2ccc(-c3ccccc3)cc2)c2ccc3c(c2)C(C)(C)c2ccccc2-3)ccc1-c1cccc2c1C1(c3ccccc3-2)C2CC3CC(C2)CC1C3. The second-order valence-corrected chi connectivity index (χ2v) is 18.4. The topological polar surface area (TPSA) is 7.60 Å².